The average molecular weight is 186 g/mol. The standard InChI is InChI=1S/C10H18O3/c1-4-8(7-11)10(13,6-3)9(12)5-2/h7-8,13H,4-6H2,1-3H3/t8-,10-/m0/s1. The molecular formula is C10H18O3. The Bertz CT molecular complexity index is 189. The fourth-order valence-electron chi connectivity index (χ4n) is 1.52. The lowest BCUT2D eigenvalue weighted by molar-refractivity contribution is -0.147. The summed E-state index contributed by atoms with van der Waals surface area (Å²) < 4.78 is 0. The Morgan fingerprint density at radius 1 is 1.46 bits per heavy atom. The first-order valence-corrected chi connectivity index (χ1v) is 4.77. The maximum Gasteiger partial charge on any atom is 0.164 e. The second-order valence-electron chi connectivity index (χ2n) is 3.21. The molecule has 0 aromatic heterocycles. The number of hydrogen-bond acceptors (Lipinski definition) is 3. The van der Waals surface area contributed by atoms with Gasteiger partial charge in [-0.15, -0.1) is 0 Å². The van der Waals surface area contributed by atoms with E-state index in [1.807, 2.05) is 0 Å². The zero-order chi connectivity index (χ0) is 10.5. The minimum absolute atomic E-state index is 0.242. The van der Waals surface area contributed by atoms with Gasteiger partial charge in [-0.1, -0.05) is 20.8 Å². The van der Waals surface area contributed by atoms with Crippen LogP contribution >= 0.6 is 0 Å². The van der Waals surface area contributed by atoms with Gasteiger partial charge in [0, 0.05) is 6.42 Å². The van der Waals surface area contributed by atoms with Crippen LogP contribution in [0.2, 0.25) is 0 Å². The Morgan fingerprint density at radius 2 is 2.00 bits per heavy atom. The lowest BCUT2D eigenvalue weighted by Crippen LogP contribution is -2.45. The Kier molecular flexibility index (Phi) is 4.85. The van der Waals surface area contributed by atoms with Gasteiger partial charge in [-0.3, -0.25) is 4.79 Å². The van der Waals surface area contributed by atoms with Crippen LogP contribution in [-0.4, -0.2) is 22.8 Å². The molecule has 2 atom stereocenters. The zero-order valence-corrected chi connectivity index (χ0v) is 8.54. The van der Waals surface area contributed by atoms with Crippen LogP contribution in [0.4, 0.5) is 0 Å². The summed E-state index contributed by atoms with van der Waals surface area (Å²) in [5, 5.41) is 9.97. The van der Waals surface area contributed by atoms with Crippen molar-refractivity contribution >= 4 is 12.1 Å². The van der Waals surface area contributed by atoms with Gasteiger partial charge in [0.1, 0.15) is 11.9 Å². The van der Waals surface area contributed by atoms with Gasteiger partial charge in [-0.05, 0) is 12.8 Å². The van der Waals surface area contributed by atoms with Gasteiger partial charge in [0.05, 0.1) is 5.92 Å². The highest BCUT2D eigenvalue weighted by Crippen LogP contribution is 2.25. The normalized spacial score (nSPS) is 17.5. The first-order valence-electron chi connectivity index (χ1n) is 4.77. The Labute approximate surface area is 79.1 Å². The van der Waals surface area contributed by atoms with Crippen molar-refractivity contribution in [3.05, 3.63) is 0 Å². The molecule has 0 radical (unpaired) electrons. The maximum absolute atomic E-state index is 11.4. The number of hydrogen-bond donors (Lipinski definition) is 1. The fraction of sp³-hybridized carbons (Fsp3) is 0.800. The van der Waals surface area contributed by atoms with E-state index >= 15 is 0 Å². The molecule has 0 bridgehead atoms. The molecule has 0 aromatic rings. The molecule has 3 heteroatoms. The summed E-state index contributed by atoms with van der Waals surface area (Å²) in [6, 6.07) is 0. The molecule has 0 aromatic carbocycles. The molecule has 0 spiro atoms. The smallest absolute Gasteiger partial charge is 0.164 e. The van der Waals surface area contributed by atoms with Crippen LogP contribution in [0.25, 0.3) is 0 Å². The summed E-state index contributed by atoms with van der Waals surface area (Å²) in [6.45, 7) is 5.21. The van der Waals surface area contributed by atoms with Gasteiger partial charge in [0.15, 0.2) is 5.78 Å². The third-order valence-electron chi connectivity index (χ3n) is 2.56. The van der Waals surface area contributed by atoms with E-state index in [1.54, 1.807) is 20.8 Å². The highest BCUT2D eigenvalue weighted by Gasteiger charge is 2.39. The highest BCUT2D eigenvalue weighted by molar-refractivity contribution is 5.89. The molecule has 0 rings (SSSR count). The van der Waals surface area contributed by atoms with Crippen molar-refractivity contribution in [1.82, 2.24) is 0 Å². The summed E-state index contributed by atoms with van der Waals surface area (Å²) in [5.41, 5.74) is -1.44. The average Bonchev–Trinajstić information content (AvgIpc) is 2.17. The van der Waals surface area contributed by atoms with E-state index in [1.165, 1.54) is 0 Å². The zero-order valence-electron chi connectivity index (χ0n) is 8.54. The van der Waals surface area contributed by atoms with Gasteiger partial charge in [-0.25, -0.2) is 0 Å². The van der Waals surface area contributed by atoms with Gasteiger partial charge in [-0.2, -0.15) is 0 Å². The summed E-state index contributed by atoms with van der Waals surface area (Å²) in [7, 11) is 0. The summed E-state index contributed by atoms with van der Waals surface area (Å²) in [6.07, 6.45) is 1.75. The Hall–Kier alpha value is -0.700. The predicted molar refractivity (Wildman–Crippen MR) is 50.4 cm³/mol. The molecule has 0 aliphatic heterocycles. The van der Waals surface area contributed by atoms with Crippen molar-refractivity contribution < 1.29 is 14.7 Å². The van der Waals surface area contributed by atoms with Crippen molar-refractivity contribution in [1.29, 1.82) is 0 Å². The van der Waals surface area contributed by atoms with Crippen LogP contribution in [0, 0.1) is 5.92 Å². The van der Waals surface area contributed by atoms with Crippen molar-refractivity contribution in [2.24, 2.45) is 5.92 Å². The number of carbonyl (C=O) groups excluding carboxylic acids is 2. The number of rotatable bonds is 6. The molecule has 0 amide bonds. The van der Waals surface area contributed by atoms with E-state index in [2.05, 4.69) is 0 Å². The molecule has 3 nitrogen and oxygen atoms in total. The quantitative estimate of drug-likeness (QED) is 0.637. The van der Waals surface area contributed by atoms with Gasteiger partial charge < -0.3 is 9.90 Å². The molecule has 1 N–H and O–H groups in total. The second kappa shape index (κ2) is 5.12. The molecule has 13 heavy (non-hydrogen) atoms. The molecule has 0 unspecified atom stereocenters. The molecule has 0 saturated heterocycles. The van der Waals surface area contributed by atoms with E-state index < -0.39 is 11.5 Å². The van der Waals surface area contributed by atoms with Crippen LogP contribution in [0.15, 0.2) is 0 Å². The predicted octanol–water partition coefficient (Wildman–Crippen LogP) is 1.33. The number of ketones is 1. The molecule has 0 fully saturated rings. The van der Waals surface area contributed by atoms with Crippen LogP contribution in [0.5, 0.6) is 0 Å². The van der Waals surface area contributed by atoms with Gasteiger partial charge in [0.2, 0.25) is 0 Å². The second-order valence-corrected chi connectivity index (χ2v) is 3.21. The molecule has 0 aliphatic carbocycles. The van der Waals surface area contributed by atoms with Crippen molar-refractivity contribution in [2.45, 2.75) is 45.6 Å². The van der Waals surface area contributed by atoms with E-state index in [-0.39, 0.29) is 12.2 Å². The molecule has 76 valence electrons. The molecule has 0 aliphatic rings. The first-order chi connectivity index (χ1) is 6.06. The molecule has 0 heterocycles. The fourth-order valence-corrected chi connectivity index (χ4v) is 1.52. The number of Topliss-reactive ketones (excluding diaryl/α,β-unsaturated/α-hetero) is 1. The lowest BCUT2D eigenvalue weighted by atomic mass is 9.80. The summed E-state index contributed by atoms with van der Waals surface area (Å²) in [4.78, 5) is 22.1. The SMILES string of the molecule is CCC(=O)[C@](O)(CC)[C@H](C=O)CC. The molecular weight excluding hydrogens is 168 g/mol. The number of aliphatic hydroxyl groups is 1. The Morgan fingerprint density at radius 3 is 2.23 bits per heavy atom. The highest BCUT2D eigenvalue weighted by atomic mass is 16.3. The number of carbonyl (C=O) groups is 2. The van der Waals surface area contributed by atoms with Gasteiger partial charge >= 0.3 is 0 Å². The maximum atomic E-state index is 11.4. The summed E-state index contributed by atoms with van der Waals surface area (Å²) >= 11 is 0. The summed E-state index contributed by atoms with van der Waals surface area (Å²) in [5.74, 6) is -0.807. The van der Waals surface area contributed by atoms with E-state index in [4.69, 9.17) is 0 Å². The third-order valence-corrected chi connectivity index (χ3v) is 2.56. The van der Waals surface area contributed by atoms with E-state index in [0.29, 0.717) is 19.1 Å². The van der Waals surface area contributed by atoms with Crippen LogP contribution in [0.1, 0.15) is 40.0 Å². The van der Waals surface area contributed by atoms with Crippen molar-refractivity contribution in [2.75, 3.05) is 0 Å². The minimum atomic E-state index is -1.44. The van der Waals surface area contributed by atoms with Crippen LogP contribution < -0.4 is 0 Å². The van der Waals surface area contributed by atoms with E-state index in [9.17, 15) is 14.7 Å². The van der Waals surface area contributed by atoms with Crippen molar-refractivity contribution in [3.63, 3.8) is 0 Å². The largest absolute Gasteiger partial charge is 0.381 e. The number of aldehydes is 1. The minimum Gasteiger partial charge on any atom is -0.381 e. The van der Waals surface area contributed by atoms with Crippen molar-refractivity contribution in [3.8, 4) is 0 Å². The molecule has 0 saturated carbocycles. The van der Waals surface area contributed by atoms with E-state index in [0.717, 1.165) is 0 Å². The van der Waals surface area contributed by atoms with Crippen LogP contribution in [-0.2, 0) is 9.59 Å². The third kappa shape index (κ3) is 2.37. The monoisotopic (exact) mass is 186 g/mol. The lowest BCUT2D eigenvalue weighted by Gasteiger charge is -2.29. The van der Waals surface area contributed by atoms with Gasteiger partial charge in [0.25, 0.3) is 0 Å². The Balaban J connectivity index is 4.78. The van der Waals surface area contributed by atoms with Crippen LogP contribution in [0.3, 0.4) is 0 Å². The first kappa shape index (κ1) is 12.3. The topological polar surface area (TPSA) is 54.4 Å².